The van der Waals surface area contributed by atoms with Gasteiger partial charge in [0.1, 0.15) is 16.4 Å². The number of nitrogens with two attached hydrogens (primary N) is 1. The molecule has 0 radical (unpaired) electrons. The Morgan fingerprint density at radius 3 is 2.60 bits per heavy atom. The van der Waals surface area contributed by atoms with Crippen LogP contribution in [0.3, 0.4) is 0 Å². The van der Waals surface area contributed by atoms with Gasteiger partial charge < -0.3 is 5.73 Å². The van der Waals surface area contributed by atoms with Crippen molar-refractivity contribution in [1.82, 2.24) is 4.98 Å². The number of Topliss-reactive ketones (excluding diaryl/α,β-unsaturated/α-hetero) is 2. The summed E-state index contributed by atoms with van der Waals surface area (Å²) in [5.41, 5.74) is 6.16. The van der Waals surface area contributed by atoms with Gasteiger partial charge in [-0.05, 0) is 19.1 Å². The number of allylic oxidation sites excluding steroid dienone is 2. The number of halogens is 1. The molecule has 1 aromatic rings. The van der Waals surface area contributed by atoms with Gasteiger partial charge in [0, 0.05) is 5.69 Å². The Bertz CT molecular complexity index is 520. The average Bonchev–Trinajstić information content (AvgIpc) is 2.23. The van der Waals surface area contributed by atoms with E-state index in [-0.39, 0.29) is 22.0 Å². The third kappa shape index (κ3) is 1.34. The van der Waals surface area contributed by atoms with Crippen molar-refractivity contribution in [3.63, 3.8) is 0 Å². The molecule has 0 spiro atoms. The number of carbonyl (C=O) groups excluding carboxylic acids is 2. The summed E-state index contributed by atoms with van der Waals surface area (Å²) in [5.74, 6) is -0.936. The zero-order valence-electron chi connectivity index (χ0n) is 7.87. The number of fused-ring (bicyclic) bond motifs is 1. The standard InChI is InChI=1S/C10H7ClN2O2/c1-4-2-3-5-8(13-4)10(15)6(11)7(12)9(5)14/h2-3H,12H2,1H3. The topological polar surface area (TPSA) is 73.1 Å². The predicted molar refractivity (Wildman–Crippen MR) is 54.7 cm³/mol. The molecular formula is C10H7ClN2O2. The van der Waals surface area contributed by atoms with Crippen LogP contribution in [-0.4, -0.2) is 16.6 Å². The highest BCUT2D eigenvalue weighted by Crippen LogP contribution is 2.24. The minimum Gasteiger partial charge on any atom is -0.394 e. The summed E-state index contributed by atoms with van der Waals surface area (Å²) in [7, 11) is 0. The van der Waals surface area contributed by atoms with Crippen molar-refractivity contribution in [2.45, 2.75) is 6.92 Å². The molecule has 0 unspecified atom stereocenters. The molecule has 1 aromatic heterocycles. The molecule has 1 aliphatic carbocycles. The monoisotopic (exact) mass is 222 g/mol. The van der Waals surface area contributed by atoms with Gasteiger partial charge in [-0.1, -0.05) is 11.6 Å². The lowest BCUT2D eigenvalue weighted by molar-refractivity contribution is 0.0976. The zero-order chi connectivity index (χ0) is 11.2. The van der Waals surface area contributed by atoms with Gasteiger partial charge in [-0.25, -0.2) is 4.98 Å². The molecule has 76 valence electrons. The van der Waals surface area contributed by atoms with Gasteiger partial charge in [-0.15, -0.1) is 0 Å². The lowest BCUT2D eigenvalue weighted by Gasteiger charge is -2.13. The molecule has 1 heterocycles. The first-order valence-electron chi connectivity index (χ1n) is 4.24. The summed E-state index contributed by atoms with van der Waals surface area (Å²) in [6, 6.07) is 3.19. The Morgan fingerprint density at radius 2 is 1.93 bits per heavy atom. The van der Waals surface area contributed by atoms with Crippen molar-refractivity contribution >= 4 is 23.2 Å². The molecule has 0 aromatic carbocycles. The normalized spacial score (nSPS) is 15.6. The second kappa shape index (κ2) is 3.17. The van der Waals surface area contributed by atoms with E-state index in [1.54, 1.807) is 13.0 Å². The number of pyridine rings is 1. The fraction of sp³-hybridized carbons (Fsp3) is 0.100. The second-order valence-electron chi connectivity index (χ2n) is 3.23. The fourth-order valence-electron chi connectivity index (χ4n) is 1.38. The van der Waals surface area contributed by atoms with Crippen molar-refractivity contribution in [3.05, 3.63) is 39.8 Å². The van der Waals surface area contributed by atoms with Gasteiger partial charge in [0.15, 0.2) is 0 Å². The summed E-state index contributed by atoms with van der Waals surface area (Å²) in [4.78, 5) is 27.2. The molecule has 0 saturated carbocycles. The third-order valence-corrected chi connectivity index (χ3v) is 2.55. The SMILES string of the molecule is Cc1ccc2c(n1)C(=O)C(Cl)=C(N)C2=O. The van der Waals surface area contributed by atoms with Crippen molar-refractivity contribution in [3.8, 4) is 0 Å². The molecule has 5 heteroatoms. The molecule has 2 N–H and O–H groups in total. The van der Waals surface area contributed by atoms with Gasteiger partial charge in [0.25, 0.3) is 0 Å². The van der Waals surface area contributed by atoms with Gasteiger partial charge >= 0.3 is 0 Å². The van der Waals surface area contributed by atoms with Gasteiger partial charge in [-0.3, -0.25) is 9.59 Å². The number of aryl methyl sites for hydroxylation is 1. The number of hydrogen-bond donors (Lipinski definition) is 1. The molecule has 0 atom stereocenters. The van der Waals surface area contributed by atoms with Crippen LogP contribution in [0.1, 0.15) is 26.5 Å². The number of hydrogen-bond acceptors (Lipinski definition) is 4. The summed E-state index contributed by atoms with van der Waals surface area (Å²) in [6.07, 6.45) is 0. The molecule has 0 amide bonds. The smallest absolute Gasteiger partial charge is 0.225 e. The minimum atomic E-state index is -0.493. The lowest BCUT2D eigenvalue weighted by Crippen LogP contribution is -2.25. The Labute approximate surface area is 90.7 Å². The number of rotatable bonds is 0. The minimum absolute atomic E-state index is 0.0826. The maximum atomic E-state index is 11.6. The highest BCUT2D eigenvalue weighted by Gasteiger charge is 2.30. The maximum Gasteiger partial charge on any atom is 0.225 e. The lowest BCUT2D eigenvalue weighted by atomic mass is 9.97. The van der Waals surface area contributed by atoms with Crippen LogP contribution in [0.4, 0.5) is 0 Å². The van der Waals surface area contributed by atoms with Gasteiger partial charge in [-0.2, -0.15) is 0 Å². The fourth-order valence-corrected chi connectivity index (χ4v) is 1.56. The van der Waals surface area contributed by atoms with E-state index in [9.17, 15) is 9.59 Å². The zero-order valence-corrected chi connectivity index (χ0v) is 8.63. The summed E-state index contributed by atoms with van der Waals surface area (Å²) in [6.45, 7) is 1.73. The van der Waals surface area contributed by atoms with Crippen LogP contribution in [-0.2, 0) is 0 Å². The molecule has 0 fully saturated rings. The van der Waals surface area contributed by atoms with E-state index in [4.69, 9.17) is 17.3 Å². The molecule has 1 aliphatic rings. The summed E-state index contributed by atoms with van der Waals surface area (Å²) < 4.78 is 0. The maximum absolute atomic E-state index is 11.6. The van der Waals surface area contributed by atoms with E-state index in [2.05, 4.69) is 4.98 Å². The Hall–Kier alpha value is -1.68. The van der Waals surface area contributed by atoms with Crippen molar-refractivity contribution in [1.29, 1.82) is 0 Å². The second-order valence-corrected chi connectivity index (χ2v) is 3.61. The van der Waals surface area contributed by atoms with E-state index < -0.39 is 11.6 Å². The highest BCUT2D eigenvalue weighted by molar-refractivity contribution is 6.49. The van der Waals surface area contributed by atoms with Crippen molar-refractivity contribution in [2.75, 3.05) is 0 Å². The van der Waals surface area contributed by atoms with Crippen molar-refractivity contribution < 1.29 is 9.59 Å². The van der Waals surface area contributed by atoms with E-state index >= 15 is 0 Å². The first kappa shape index (κ1) is 9.86. The third-order valence-electron chi connectivity index (χ3n) is 2.17. The molecule has 0 bridgehead atoms. The number of aromatic nitrogens is 1. The quantitative estimate of drug-likeness (QED) is 0.715. The Kier molecular flexibility index (Phi) is 2.08. The first-order chi connectivity index (χ1) is 7.02. The van der Waals surface area contributed by atoms with Crippen LogP contribution < -0.4 is 5.73 Å². The van der Waals surface area contributed by atoms with Crippen LogP contribution in [0.2, 0.25) is 0 Å². The first-order valence-corrected chi connectivity index (χ1v) is 4.62. The van der Waals surface area contributed by atoms with Crippen LogP contribution >= 0.6 is 11.6 Å². The van der Waals surface area contributed by atoms with E-state index in [1.165, 1.54) is 6.07 Å². The predicted octanol–water partition coefficient (Wildman–Crippen LogP) is 1.18. The van der Waals surface area contributed by atoms with Gasteiger partial charge in [0.2, 0.25) is 11.6 Å². The van der Waals surface area contributed by atoms with E-state index in [0.29, 0.717) is 5.69 Å². The largest absolute Gasteiger partial charge is 0.394 e. The molecular weight excluding hydrogens is 216 g/mol. The van der Waals surface area contributed by atoms with Crippen LogP contribution in [0, 0.1) is 6.92 Å². The average molecular weight is 223 g/mol. The molecule has 2 rings (SSSR count). The number of nitrogens with zero attached hydrogens (tertiary/aromatic N) is 1. The molecule has 15 heavy (non-hydrogen) atoms. The number of ketones is 2. The Morgan fingerprint density at radius 1 is 1.27 bits per heavy atom. The highest BCUT2D eigenvalue weighted by atomic mass is 35.5. The van der Waals surface area contributed by atoms with E-state index in [0.717, 1.165) is 0 Å². The Balaban J connectivity index is 2.73. The van der Waals surface area contributed by atoms with Crippen LogP contribution in [0.15, 0.2) is 22.9 Å². The summed E-state index contributed by atoms with van der Waals surface area (Å²) >= 11 is 5.64. The molecule has 0 aliphatic heterocycles. The molecule has 4 nitrogen and oxygen atoms in total. The summed E-state index contributed by atoms with van der Waals surface area (Å²) in [5, 5.41) is -0.245. The van der Waals surface area contributed by atoms with Gasteiger partial charge in [0.05, 0.1) is 5.56 Å². The van der Waals surface area contributed by atoms with Crippen LogP contribution in [0.25, 0.3) is 0 Å². The van der Waals surface area contributed by atoms with Crippen molar-refractivity contribution in [2.24, 2.45) is 5.73 Å². The molecule has 0 saturated heterocycles. The van der Waals surface area contributed by atoms with E-state index in [1.807, 2.05) is 0 Å². The van der Waals surface area contributed by atoms with Crippen LogP contribution in [0.5, 0.6) is 0 Å². The number of carbonyl (C=O) groups is 2.